The topological polar surface area (TPSA) is 42.7 Å². The number of nitrogens with one attached hydrogen (secondary N) is 1. The van der Waals surface area contributed by atoms with Gasteiger partial charge >= 0.3 is 0 Å². The van der Waals surface area contributed by atoms with Gasteiger partial charge in [-0.3, -0.25) is 0 Å². The predicted octanol–water partition coefficient (Wildman–Crippen LogP) is 3.16. The summed E-state index contributed by atoms with van der Waals surface area (Å²) in [6.07, 6.45) is 5.51. The molecule has 4 nitrogen and oxygen atoms in total. The molecular formula is C14H14N4S. The summed E-state index contributed by atoms with van der Waals surface area (Å²) in [4.78, 5) is 8.44. The number of anilines is 1. The number of aromatic nitrogens is 3. The second-order valence-corrected chi connectivity index (χ2v) is 5.16. The maximum Gasteiger partial charge on any atom is 0.123 e. The quantitative estimate of drug-likeness (QED) is 0.792. The predicted molar refractivity (Wildman–Crippen MR) is 78.1 cm³/mol. The molecule has 96 valence electrons. The molecule has 0 aliphatic carbocycles. The van der Waals surface area contributed by atoms with E-state index in [-0.39, 0.29) is 0 Å². The lowest BCUT2D eigenvalue weighted by Crippen LogP contribution is -2.03. The van der Waals surface area contributed by atoms with Gasteiger partial charge in [-0.25, -0.2) is 9.97 Å². The summed E-state index contributed by atoms with van der Waals surface area (Å²) in [6.45, 7) is 0.762. The SMILES string of the molecule is Cn1cncc1CNc1cccc(-c2nccs2)c1. The van der Waals surface area contributed by atoms with Crippen LogP contribution in [0.25, 0.3) is 10.6 Å². The van der Waals surface area contributed by atoms with E-state index in [1.807, 2.05) is 41.8 Å². The highest BCUT2D eigenvalue weighted by Crippen LogP contribution is 2.24. The van der Waals surface area contributed by atoms with Crippen LogP contribution in [0.4, 0.5) is 5.69 Å². The lowest BCUT2D eigenvalue weighted by molar-refractivity contribution is 0.837. The van der Waals surface area contributed by atoms with Crippen LogP contribution < -0.4 is 5.32 Å². The largest absolute Gasteiger partial charge is 0.379 e. The van der Waals surface area contributed by atoms with Gasteiger partial charge in [-0.05, 0) is 12.1 Å². The number of benzene rings is 1. The van der Waals surface area contributed by atoms with E-state index < -0.39 is 0 Å². The zero-order chi connectivity index (χ0) is 13.1. The van der Waals surface area contributed by atoms with Crippen LogP contribution in [-0.2, 0) is 13.6 Å². The van der Waals surface area contributed by atoms with Crippen LogP contribution in [0.1, 0.15) is 5.69 Å². The highest BCUT2D eigenvalue weighted by atomic mass is 32.1. The fourth-order valence-electron chi connectivity index (χ4n) is 1.88. The van der Waals surface area contributed by atoms with E-state index in [0.717, 1.165) is 28.5 Å². The fourth-order valence-corrected chi connectivity index (χ4v) is 2.51. The van der Waals surface area contributed by atoms with E-state index in [1.165, 1.54) is 0 Å². The third-order valence-electron chi connectivity index (χ3n) is 2.93. The van der Waals surface area contributed by atoms with Gasteiger partial charge in [0.25, 0.3) is 0 Å². The van der Waals surface area contributed by atoms with Gasteiger partial charge < -0.3 is 9.88 Å². The first-order valence-electron chi connectivity index (χ1n) is 6.02. The molecule has 3 aromatic rings. The van der Waals surface area contributed by atoms with Crippen LogP contribution in [0.5, 0.6) is 0 Å². The summed E-state index contributed by atoms with van der Waals surface area (Å²) < 4.78 is 2.01. The number of aryl methyl sites for hydroxylation is 1. The first kappa shape index (κ1) is 11.9. The average molecular weight is 270 g/mol. The van der Waals surface area contributed by atoms with Crippen LogP contribution in [0.15, 0.2) is 48.4 Å². The van der Waals surface area contributed by atoms with Gasteiger partial charge in [-0.2, -0.15) is 0 Å². The molecule has 1 aromatic carbocycles. The molecule has 1 N–H and O–H groups in total. The third-order valence-corrected chi connectivity index (χ3v) is 3.75. The van der Waals surface area contributed by atoms with Crippen molar-refractivity contribution in [2.45, 2.75) is 6.54 Å². The Bertz CT molecular complexity index is 658. The van der Waals surface area contributed by atoms with E-state index in [9.17, 15) is 0 Å². The molecule has 2 aromatic heterocycles. The summed E-state index contributed by atoms with van der Waals surface area (Å²) in [6, 6.07) is 8.30. The van der Waals surface area contributed by atoms with Crippen molar-refractivity contribution < 1.29 is 0 Å². The molecule has 0 fully saturated rings. The van der Waals surface area contributed by atoms with Crippen LogP contribution >= 0.6 is 11.3 Å². The Morgan fingerprint density at radius 3 is 3.05 bits per heavy atom. The molecule has 0 saturated carbocycles. The minimum absolute atomic E-state index is 0.762. The maximum absolute atomic E-state index is 4.33. The van der Waals surface area contributed by atoms with Crippen molar-refractivity contribution >= 4 is 17.0 Å². The Balaban J connectivity index is 1.75. The van der Waals surface area contributed by atoms with Gasteiger partial charge in [0.1, 0.15) is 5.01 Å². The number of imidazole rings is 1. The molecule has 3 rings (SSSR count). The molecule has 0 spiro atoms. The van der Waals surface area contributed by atoms with Gasteiger partial charge in [0, 0.05) is 36.1 Å². The van der Waals surface area contributed by atoms with Gasteiger partial charge in [-0.1, -0.05) is 12.1 Å². The molecule has 19 heavy (non-hydrogen) atoms. The van der Waals surface area contributed by atoms with Crippen LogP contribution in [-0.4, -0.2) is 14.5 Å². The van der Waals surface area contributed by atoms with E-state index >= 15 is 0 Å². The highest BCUT2D eigenvalue weighted by molar-refractivity contribution is 7.13. The fraction of sp³-hybridized carbons (Fsp3) is 0.143. The molecule has 0 unspecified atom stereocenters. The minimum Gasteiger partial charge on any atom is -0.379 e. The molecule has 0 atom stereocenters. The van der Waals surface area contributed by atoms with Crippen molar-refractivity contribution in [2.75, 3.05) is 5.32 Å². The first-order chi connectivity index (χ1) is 9.33. The number of rotatable bonds is 4. The van der Waals surface area contributed by atoms with Gasteiger partial charge in [0.05, 0.1) is 18.6 Å². The molecule has 5 heteroatoms. The van der Waals surface area contributed by atoms with Crippen molar-refractivity contribution in [3.8, 4) is 10.6 Å². The Kier molecular flexibility index (Phi) is 3.29. The molecule has 0 aliphatic rings. The summed E-state index contributed by atoms with van der Waals surface area (Å²) in [7, 11) is 2.00. The molecule has 0 aliphatic heterocycles. The Morgan fingerprint density at radius 2 is 2.32 bits per heavy atom. The minimum atomic E-state index is 0.762. The second-order valence-electron chi connectivity index (χ2n) is 4.27. The molecule has 0 saturated heterocycles. The van der Waals surface area contributed by atoms with Crippen LogP contribution in [0.3, 0.4) is 0 Å². The summed E-state index contributed by atoms with van der Waals surface area (Å²) in [5, 5.41) is 6.44. The summed E-state index contributed by atoms with van der Waals surface area (Å²) in [5.41, 5.74) is 3.39. The number of hydrogen-bond acceptors (Lipinski definition) is 4. The van der Waals surface area contributed by atoms with Crippen molar-refractivity contribution in [3.05, 3.63) is 54.1 Å². The molecular weight excluding hydrogens is 256 g/mol. The van der Waals surface area contributed by atoms with E-state index in [0.29, 0.717) is 0 Å². The molecule has 0 amide bonds. The van der Waals surface area contributed by atoms with Gasteiger partial charge in [0.15, 0.2) is 0 Å². The summed E-state index contributed by atoms with van der Waals surface area (Å²) in [5.74, 6) is 0. The smallest absolute Gasteiger partial charge is 0.123 e. The number of thiazole rings is 1. The van der Waals surface area contributed by atoms with Crippen molar-refractivity contribution in [1.29, 1.82) is 0 Å². The van der Waals surface area contributed by atoms with E-state index in [2.05, 4.69) is 33.5 Å². The van der Waals surface area contributed by atoms with Gasteiger partial charge in [0.2, 0.25) is 0 Å². The Hall–Kier alpha value is -2.14. The van der Waals surface area contributed by atoms with Crippen LogP contribution in [0, 0.1) is 0 Å². The Labute approximate surface area is 115 Å². The third kappa shape index (κ3) is 2.66. The van der Waals surface area contributed by atoms with Crippen molar-refractivity contribution in [3.63, 3.8) is 0 Å². The normalized spacial score (nSPS) is 10.6. The average Bonchev–Trinajstić information content (AvgIpc) is 3.08. The highest BCUT2D eigenvalue weighted by Gasteiger charge is 2.02. The number of nitrogens with zero attached hydrogens (tertiary/aromatic N) is 3. The van der Waals surface area contributed by atoms with Crippen LogP contribution in [0.2, 0.25) is 0 Å². The zero-order valence-electron chi connectivity index (χ0n) is 10.6. The zero-order valence-corrected chi connectivity index (χ0v) is 11.4. The van der Waals surface area contributed by atoms with E-state index in [4.69, 9.17) is 0 Å². The Morgan fingerprint density at radius 1 is 1.37 bits per heavy atom. The molecule has 0 radical (unpaired) electrons. The summed E-state index contributed by atoms with van der Waals surface area (Å²) >= 11 is 1.65. The standard InChI is InChI=1S/C14H14N4S/c1-18-10-15-8-13(18)9-17-12-4-2-3-11(7-12)14-16-5-6-19-14/h2-8,10,17H,9H2,1H3. The van der Waals surface area contributed by atoms with Crippen molar-refractivity contribution in [1.82, 2.24) is 14.5 Å². The second kappa shape index (κ2) is 5.24. The number of hydrogen-bond donors (Lipinski definition) is 1. The van der Waals surface area contributed by atoms with Crippen molar-refractivity contribution in [2.24, 2.45) is 7.05 Å². The van der Waals surface area contributed by atoms with E-state index in [1.54, 1.807) is 11.3 Å². The lowest BCUT2D eigenvalue weighted by Gasteiger charge is -2.08. The molecule has 0 bridgehead atoms. The molecule has 2 heterocycles. The first-order valence-corrected chi connectivity index (χ1v) is 6.90. The monoisotopic (exact) mass is 270 g/mol. The lowest BCUT2D eigenvalue weighted by atomic mass is 10.2. The maximum atomic E-state index is 4.33. The van der Waals surface area contributed by atoms with Gasteiger partial charge in [-0.15, -0.1) is 11.3 Å².